The highest BCUT2D eigenvalue weighted by Crippen LogP contribution is 2.37. The van der Waals surface area contributed by atoms with Crippen LogP contribution in [0.3, 0.4) is 0 Å². The molecule has 1 N–H and O–H groups in total. The van der Waals surface area contributed by atoms with Crippen LogP contribution in [-0.4, -0.2) is 47.7 Å². The third-order valence-electron chi connectivity index (χ3n) is 3.67. The fourth-order valence-electron chi connectivity index (χ4n) is 2.53. The first kappa shape index (κ1) is 12.4. The number of carboxylic acid groups (broad SMARTS) is 1. The summed E-state index contributed by atoms with van der Waals surface area (Å²) in [6.07, 6.45) is 0.849. The number of rotatable bonds is 4. The summed E-state index contributed by atoms with van der Waals surface area (Å²) >= 11 is 0. The Labute approximate surface area is 101 Å². The average molecular weight is 241 g/mol. The minimum atomic E-state index is -0.801. The van der Waals surface area contributed by atoms with Crippen molar-refractivity contribution < 1.29 is 19.4 Å². The minimum Gasteiger partial charge on any atom is -0.481 e. The van der Waals surface area contributed by atoms with Crippen LogP contribution in [0.1, 0.15) is 20.3 Å². The lowest BCUT2D eigenvalue weighted by molar-refractivity contribution is -0.142. The van der Waals surface area contributed by atoms with Crippen LogP contribution in [0.15, 0.2) is 0 Å². The highest BCUT2D eigenvalue weighted by molar-refractivity contribution is 5.83. The summed E-state index contributed by atoms with van der Waals surface area (Å²) in [6, 6.07) is 0. The average Bonchev–Trinajstić information content (AvgIpc) is 2.91. The summed E-state index contributed by atoms with van der Waals surface area (Å²) in [6.45, 7) is 5.34. The third kappa shape index (κ3) is 2.44. The molecule has 1 aliphatic carbocycles. The molecule has 1 aliphatic heterocycles. The quantitative estimate of drug-likeness (QED) is 0.782. The van der Waals surface area contributed by atoms with E-state index in [1.54, 1.807) is 4.90 Å². The molecule has 0 radical (unpaired) electrons. The normalized spacial score (nSPS) is 36.0. The molecule has 0 spiro atoms. The van der Waals surface area contributed by atoms with Crippen LogP contribution in [0.4, 0.5) is 0 Å². The molecule has 1 heterocycles. The van der Waals surface area contributed by atoms with Gasteiger partial charge in [0, 0.05) is 19.7 Å². The Morgan fingerprint density at radius 3 is 2.59 bits per heavy atom. The Balaban J connectivity index is 1.88. The number of hydrogen-bond donors (Lipinski definition) is 1. The molecule has 2 aliphatic rings. The number of carbonyl (C=O) groups is 2. The first-order valence-electron chi connectivity index (χ1n) is 6.17. The molecule has 96 valence electrons. The molecule has 1 amide bonds. The van der Waals surface area contributed by atoms with E-state index in [-0.39, 0.29) is 23.8 Å². The number of amides is 1. The van der Waals surface area contributed by atoms with Crippen molar-refractivity contribution in [1.82, 2.24) is 4.90 Å². The van der Waals surface area contributed by atoms with Gasteiger partial charge in [0.05, 0.1) is 17.9 Å². The van der Waals surface area contributed by atoms with Gasteiger partial charge in [-0.3, -0.25) is 9.59 Å². The van der Waals surface area contributed by atoms with Gasteiger partial charge < -0.3 is 14.7 Å². The maximum absolute atomic E-state index is 12.1. The fraction of sp³-hybridized carbons (Fsp3) is 0.833. The molecule has 5 nitrogen and oxygen atoms in total. The molecule has 0 bridgehead atoms. The summed E-state index contributed by atoms with van der Waals surface area (Å²) in [5.41, 5.74) is 0. The Bertz CT molecular complexity index is 330. The lowest BCUT2D eigenvalue weighted by atomic mass is 9.99. The standard InChI is InChI=1S/C12H19NO4/c1-3-17-10-4-8(10)11(14)13-5-7(2)9(6-13)12(15)16/h7-10H,3-6H2,1-2H3,(H,15,16)/t7-,8?,9-,10?/m1/s1. The molecule has 4 atom stereocenters. The van der Waals surface area contributed by atoms with Crippen molar-refractivity contribution in [1.29, 1.82) is 0 Å². The van der Waals surface area contributed by atoms with Crippen molar-refractivity contribution in [3.63, 3.8) is 0 Å². The number of ether oxygens (including phenoxy) is 1. The number of carboxylic acids is 1. The van der Waals surface area contributed by atoms with Crippen LogP contribution in [0.25, 0.3) is 0 Å². The molecule has 2 unspecified atom stereocenters. The minimum absolute atomic E-state index is 0.0327. The number of hydrogen-bond acceptors (Lipinski definition) is 3. The predicted molar refractivity (Wildman–Crippen MR) is 60.4 cm³/mol. The maximum Gasteiger partial charge on any atom is 0.308 e. The van der Waals surface area contributed by atoms with Gasteiger partial charge in [-0.25, -0.2) is 0 Å². The van der Waals surface area contributed by atoms with Gasteiger partial charge in [-0.05, 0) is 19.3 Å². The van der Waals surface area contributed by atoms with Crippen molar-refractivity contribution in [2.24, 2.45) is 17.8 Å². The molecule has 0 aromatic carbocycles. The lowest BCUT2D eigenvalue weighted by Crippen LogP contribution is -2.32. The van der Waals surface area contributed by atoms with Gasteiger partial charge in [-0.2, -0.15) is 0 Å². The first-order valence-corrected chi connectivity index (χ1v) is 6.17. The van der Waals surface area contributed by atoms with E-state index in [9.17, 15) is 9.59 Å². The van der Waals surface area contributed by atoms with E-state index in [4.69, 9.17) is 9.84 Å². The van der Waals surface area contributed by atoms with Crippen LogP contribution < -0.4 is 0 Å². The van der Waals surface area contributed by atoms with Crippen LogP contribution in [0.5, 0.6) is 0 Å². The molecule has 2 fully saturated rings. The maximum atomic E-state index is 12.1. The molecule has 1 saturated carbocycles. The number of carbonyl (C=O) groups excluding carboxylic acids is 1. The first-order chi connectivity index (χ1) is 8.04. The molecular formula is C12H19NO4. The fourth-order valence-corrected chi connectivity index (χ4v) is 2.53. The van der Waals surface area contributed by atoms with Gasteiger partial charge in [0.15, 0.2) is 0 Å². The SMILES string of the molecule is CCOC1CC1C(=O)N1C[C@@H](C)[C@H](C(=O)O)C1. The third-order valence-corrected chi connectivity index (χ3v) is 3.67. The van der Waals surface area contributed by atoms with Crippen molar-refractivity contribution in [2.75, 3.05) is 19.7 Å². The highest BCUT2D eigenvalue weighted by Gasteiger charge is 2.48. The largest absolute Gasteiger partial charge is 0.481 e. The van der Waals surface area contributed by atoms with E-state index in [0.717, 1.165) is 6.42 Å². The van der Waals surface area contributed by atoms with Crippen molar-refractivity contribution in [3.05, 3.63) is 0 Å². The molecule has 0 aromatic heterocycles. The summed E-state index contributed by atoms with van der Waals surface area (Å²) in [5.74, 6) is -1.14. The van der Waals surface area contributed by atoms with E-state index in [2.05, 4.69) is 0 Å². The van der Waals surface area contributed by atoms with Crippen molar-refractivity contribution >= 4 is 11.9 Å². The summed E-state index contributed by atoms with van der Waals surface area (Å²) in [4.78, 5) is 24.7. The zero-order valence-electron chi connectivity index (χ0n) is 10.3. The summed E-state index contributed by atoms with van der Waals surface area (Å²) < 4.78 is 5.38. The summed E-state index contributed by atoms with van der Waals surface area (Å²) in [7, 11) is 0. The number of nitrogens with zero attached hydrogens (tertiary/aromatic N) is 1. The second-order valence-electron chi connectivity index (χ2n) is 5.00. The van der Waals surface area contributed by atoms with E-state index in [0.29, 0.717) is 19.7 Å². The Kier molecular flexibility index (Phi) is 3.38. The van der Waals surface area contributed by atoms with Crippen LogP contribution in [-0.2, 0) is 14.3 Å². The molecule has 2 rings (SSSR count). The molecule has 5 heteroatoms. The van der Waals surface area contributed by atoms with Crippen molar-refractivity contribution in [2.45, 2.75) is 26.4 Å². The second-order valence-corrected chi connectivity index (χ2v) is 5.00. The van der Waals surface area contributed by atoms with Crippen LogP contribution >= 0.6 is 0 Å². The van der Waals surface area contributed by atoms with E-state index in [1.807, 2.05) is 13.8 Å². The van der Waals surface area contributed by atoms with Gasteiger partial charge in [0.25, 0.3) is 0 Å². The number of aliphatic carboxylic acids is 1. The Morgan fingerprint density at radius 2 is 2.06 bits per heavy atom. The highest BCUT2D eigenvalue weighted by atomic mass is 16.5. The van der Waals surface area contributed by atoms with E-state index < -0.39 is 11.9 Å². The predicted octanol–water partition coefficient (Wildman–Crippen LogP) is 0.591. The van der Waals surface area contributed by atoms with Crippen molar-refractivity contribution in [3.8, 4) is 0 Å². The van der Waals surface area contributed by atoms with Gasteiger partial charge in [0.2, 0.25) is 5.91 Å². The smallest absolute Gasteiger partial charge is 0.308 e. The topological polar surface area (TPSA) is 66.8 Å². The molecule has 17 heavy (non-hydrogen) atoms. The second kappa shape index (κ2) is 4.64. The molecular weight excluding hydrogens is 222 g/mol. The van der Waals surface area contributed by atoms with E-state index >= 15 is 0 Å². The zero-order chi connectivity index (χ0) is 12.6. The van der Waals surface area contributed by atoms with Gasteiger partial charge in [-0.15, -0.1) is 0 Å². The Morgan fingerprint density at radius 1 is 1.35 bits per heavy atom. The molecule has 0 aromatic rings. The number of likely N-dealkylation sites (tertiary alicyclic amines) is 1. The lowest BCUT2D eigenvalue weighted by Gasteiger charge is -2.15. The van der Waals surface area contributed by atoms with E-state index in [1.165, 1.54) is 0 Å². The monoisotopic (exact) mass is 241 g/mol. The summed E-state index contributed by atoms with van der Waals surface area (Å²) in [5, 5.41) is 9.01. The van der Waals surface area contributed by atoms with Gasteiger partial charge in [0.1, 0.15) is 0 Å². The van der Waals surface area contributed by atoms with Crippen LogP contribution in [0, 0.1) is 17.8 Å². The van der Waals surface area contributed by atoms with Gasteiger partial charge >= 0.3 is 5.97 Å². The molecule has 1 saturated heterocycles. The van der Waals surface area contributed by atoms with Crippen LogP contribution in [0.2, 0.25) is 0 Å². The Hall–Kier alpha value is -1.10. The van der Waals surface area contributed by atoms with Gasteiger partial charge in [-0.1, -0.05) is 6.92 Å². The zero-order valence-corrected chi connectivity index (χ0v) is 10.3.